The van der Waals surface area contributed by atoms with E-state index in [4.69, 9.17) is 10.7 Å². The maximum atomic E-state index is 11.8. The monoisotopic (exact) mass is 273 g/mol. The number of aromatic nitrogens is 2. The highest BCUT2D eigenvalue weighted by atomic mass is 16.2. The van der Waals surface area contributed by atoms with Crippen LogP contribution in [0.5, 0.6) is 0 Å². The quantitative estimate of drug-likeness (QED) is 0.826. The molecule has 2 atom stereocenters. The van der Waals surface area contributed by atoms with Crippen LogP contribution in [-0.4, -0.2) is 35.0 Å². The van der Waals surface area contributed by atoms with E-state index >= 15 is 0 Å². The third kappa shape index (κ3) is 1.90. The van der Waals surface area contributed by atoms with E-state index < -0.39 is 0 Å². The van der Waals surface area contributed by atoms with Gasteiger partial charge in [0.15, 0.2) is 0 Å². The first-order valence-electron chi connectivity index (χ1n) is 7.41. The molecule has 1 aromatic rings. The molecular formula is C14H19N5O. The fraction of sp³-hybridized carbons (Fsp3) is 0.643. The van der Waals surface area contributed by atoms with E-state index in [1.54, 1.807) is 0 Å². The highest BCUT2D eigenvalue weighted by Gasteiger charge is 2.41. The molecule has 3 fully saturated rings. The van der Waals surface area contributed by atoms with E-state index in [1.807, 2.05) is 6.07 Å². The molecule has 0 radical (unpaired) electrons. The van der Waals surface area contributed by atoms with Crippen LogP contribution in [0.3, 0.4) is 0 Å². The van der Waals surface area contributed by atoms with Gasteiger partial charge >= 0.3 is 0 Å². The Balaban J connectivity index is 1.67. The van der Waals surface area contributed by atoms with Crippen molar-refractivity contribution in [1.29, 1.82) is 0 Å². The number of rotatable bonds is 2. The molecule has 1 aliphatic carbocycles. The number of fused-ring (bicyclic) bond motifs is 1. The minimum Gasteiger partial charge on any atom is -0.384 e. The Morgan fingerprint density at radius 2 is 2.15 bits per heavy atom. The van der Waals surface area contributed by atoms with Crippen LogP contribution in [0.1, 0.15) is 37.4 Å². The Hall–Kier alpha value is -1.85. The smallest absolute Gasteiger partial charge is 0.225 e. The maximum absolute atomic E-state index is 11.8. The van der Waals surface area contributed by atoms with E-state index in [1.165, 1.54) is 0 Å². The fourth-order valence-corrected chi connectivity index (χ4v) is 3.38. The first kappa shape index (κ1) is 11.9. The Morgan fingerprint density at radius 3 is 2.95 bits per heavy atom. The van der Waals surface area contributed by atoms with Gasteiger partial charge in [0.2, 0.25) is 5.91 Å². The van der Waals surface area contributed by atoms with Crippen molar-refractivity contribution in [3.8, 4) is 0 Å². The van der Waals surface area contributed by atoms with Crippen molar-refractivity contribution in [1.82, 2.24) is 15.3 Å². The normalized spacial score (nSPS) is 29.2. The summed E-state index contributed by atoms with van der Waals surface area (Å²) < 4.78 is 0. The summed E-state index contributed by atoms with van der Waals surface area (Å²) in [5, 5.41) is 2.97. The van der Waals surface area contributed by atoms with Crippen molar-refractivity contribution in [3.05, 3.63) is 11.9 Å². The molecule has 4 rings (SSSR count). The first-order chi connectivity index (χ1) is 9.72. The van der Waals surface area contributed by atoms with Crippen LogP contribution in [0.15, 0.2) is 6.07 Å². The van der Waals surface area contributed by atoms with E-state index in [9.17, 15) is 4.79 Å². The standard InChI is InChI=1S/C14H19N5O/c15-11-6-12(18-13(17-11)8-3-4-8)19-5-1-2-9-10(19)7-16-14(9)20/h6,8-10H,1-5,7H2,(H,16,20)(H2,15,17,18). The summed E-state index contributed by atoms with van der Waals surface area (Å²) in [5.41, 5.74) is 5.94. The summed E-state index contributed by atoms with van der Waals surface area (Å²) >= 11 is 0. The molecule has 6 heteroatoms. The number of nitrogens with two attached hydrogens (primary N) is 1. The number of hydrogen-bond acceptors (Lipinski definition) is 5. The second-order valence-corrected chi connectivity index (χ2v) is 6.04. The summed E-state index contributed by atoms with van der Waals surface area (Å²) in [7, 11) is 0. The maximum Gasteiger partial charge on any atom is 0.225 e. The molecule has 2 aliphatic heterocycles. The number of nitrogens with zero attached hydrogens (tertiary/aromatic N) is 3. The van der Waals surface area contributed by atoms with Gasteiger partial charge in [-0.2, -0.15) is 0 Å². The van der Waals surface area contributed by atoms with E-state index in [0.29, 0.717) is 18.3 Å². The van der Waals surface area contributed by atoms with Crippen LogP contribution < -0.4 is 16.0 Å². The van der Waals surface area contributed by atoms with Crippen LogP contribution in [0.2, 0.25) is 0 Å². The number of carbonyl (C=O) groups is 1. The zero-order valence-corrected chi connectivity index (χ0v) is 11.4. The van der Waals surface area contributed by atoms with Gasteiger partial charge in [0.05, 0.1) is 12.0 Å². The van der Waals surface area contributed by atoms with Crippen molar-refractivity contribution in [3.63, 3.8) is 0 Å². The van der Waals surface area contributed by atoms with Gasteiger partial charge in [-0.15, -0.1) is 0 Å². The molecule has 20 heavy (non-hydrogen) atoms. The second kappa shape index (κ2) is 4.33. The molecule has 2 unspecified atom stereocenters. The lowest BCUT2D eigenvalue weighted by atomic mass is 9.91. The SMILES string of the molecule is Nc1cc(N2CCCC3C(=O)NCC32)nc(C2CC2)n1. The predicted molar refractivity (Wildman–Crippen MR) is 75.3 cm³/mol. The summed E-state index contributed by atoms with van der Waals surface area (Å²) in [4.78, 5) is 23.1. The van der Waals surface area contributed by atoms with Gasteiger partial charge < -0.3 is 16.0 Å². The predicted octanol–water partition coefficient (Wildman–Crippen LogP) is 0.651. The van der Waals surface area contributed by atoms with Crippen molar-refractivity contribution in [2.24, 2.45) is 5.92 Å². The number of hydrogen-bond donors (Lipinski definition) is 2. The number of piperidine rings is 1. The zero-order chi connectivity index (χ0) is 13.7. The molecule has 106 valence electrons. The zero-order valence-electron chi connectivity index (χ0n) is 11.4. The minimum atomic E-state index is 0.101. The lowest BCUT2D eigenvalue weighted by Crippen LogP contribution is -2.46. The Bertz CT molecular complexity index is 556. The fourth-order valence-electron chi connectivity index (χ4n) is 3.38. The van der Waals surface area contributed by atoms with E-state index in [-0.39, 0.29) is 17.9 Å². The summed E-state index contributed by atoms with van der Waals surface area (Å²) in [6.45, 7) is 1.66. The number of anilines is 2. The van der Waals surface area contributed by atoms with Crippen LogP contribution in [0.25, 0.3) is 0 Å². The average molecular weight is 273 g/mol. The van der Waals surface area contributed by atoms with Crippen molar-refractivity contribution < 1.29 is 4.79 Å². The molecule has 6 nitrogen and oxygen atoms in total. The average Bonchev–Trinajstić information content (AvgIpc) is 3.23. The largest absolute Gasteiger partial charge is 0.384 e. The highest BCUT2D eigenvalue weighted by Crippen LogP contribution is 2.39. The Kier molecular flexibility index (Phi) is 2.58. The van der Waals surface area contributed by atoms with E-state index in [0.717, 1.165) is 43.9 Å². The van der Waals surface area contributed by atoms with Gasteiger partial charge in [-0.3, -0.25) is 4.79 Å². The molecule has 3 aliphatic rings. The topological polar surface area (TPSA) is 84.1 Å². The van der Waals surface area contributed by atoms with Gasteiger partial charge in [0, 0.05) is 25.1 Å². The van der Waals surface area contributed by atoms with Crippen molar-refractivity contribution in [2.75, 3.05) is 23.7 Å². The summed E-state index contributed by atoms with van der Waals surface area (Å²) in [6, 6.07) is 2.06. The van der Waals surface area contributed by atoms with Gasteiger partial charge in [0.1, 0.15) is 17.5 Å². The van der Waals surface area contributed by atoms with Crippen molar-refractivity contribution in [2.45, 2.75) is 37.6 Å². The molecule has 0 bridgehead atoms. The molecule has 1 aromatic heterocycles. The van der Waals surface area contributed by atoms with Gasteiger partial charge in [0.25, 0.3) is 0 Å². The number of nitrogens with one attached hydrogen (secondary N) is 1. The second-order valence-electron chi connectivity index (χ2n) is 6.04. The number of carbonyl (C=O) groups excluding carboxylic acids is 1. The molecule has 1 amide bonds. The number of nitrogen functional groups attached to an aromatic ring is 1. The third-order valence-electron chi connectivity index (χ3n) is 4.59. The summed E-state index contributed by atoms with van der Waals surface area (Å²) in [5.74, 6) is 3.08. The van der Waals surface area contributed by atoms with Crippen LogP contribution in [-0.2, 0) is 4.79 Å². The molecular weight excluding hydrogens is 254 g/mol. The molecule has 1 saturated carbocycles. The molecule has 0 aromatic carbocycles. The Morgan fingerprint density at radius 1 is 1.30 bits per heavy atom. The van der Waals surface area contributed by atoms with Gasteiger partial charge in [-0.1, -0.05) is 0 Å². The van der Waals surface area contributed by atoms with Gasteiger partial charge in [-0.05, 0) is 25.7 Å². The number of amides is 1. The third-order valence-corrected chi connectivity index (χ3v) is 4.59. The molecule has 3 N–H and O–H groups in total. The Labute approximate surface area is 117 Å². The minimum absolute atomic E-state index is 0.101. The molecule has 0 spiro atoms. The van der Waals surface area contributed by atoms with E-state index in [2.05, 4.69) is 15.2 Å². The molecule has 2 saturated heterocycles. The first-order valence-corrected chi connectivity index (χ1v) is 7.41. The lowest BCUT2D eigenvalue weighted by molar-refractivity contribution is -0.122. The lowest BCUT2D eigenvalue weighted by Gasteiger charge is -2.36. The van der Waals surface area contributed by atoms with Crippen molar-refractivity contribution >= 4 is 17.5 Å². The van der Waals surface area contributed by atoms with Crippen LogP contribution in [0, 0.1) is 5.92 Å². The van der Waals surface area contributed by atoms with Crippen LogP contribution in [0.4, 0.5) is 11.6 Å². The van der Waals surface area contributed by atoms with Gasteiger partial charge in [-0.25, -0.2) is 9.97 Å². The molecule has 3 heterocycles. The van der Waals surface area contributed by atoms with Crippen LogP contribution >= 0.6 is 0 Å². The highest BCUT2D eigenvalue weighted by molar-refractivity contribution is 5.83. The summed E-state index contributed by atoms with van der Waals surface area (Å²) in [6.07, 6.45) is 4.32.